The number of hydrogen-bond donors (Lipinski definition) is 0. The number of carbonyl (C=O) groups excluding carboxylic acids is 1. The van der Waals surface area contributed by atoms with Crippen LogP contribution in [0.1, 0.15) is 117 Å². The van der Waals surface area contributed by atoms with Crippen molar-refractivity contribution in [3.05, 3.63) is 12.2 Å². The van der Waals surface area contributed by atoms with Gasteiger partial charge in [0.1, 0.15) is 0 Å². The van der Waals surface area contributed by atoms with E-state index in [1.165, 1.54) is 77.0 Å². The van der Waals surface area contributed by atoms with Crippen LogP contribution in [0.4, 0.5) is 0 Å². The number of rotatable bonds is 18. The first kappa shape index (κ1) is 24.2. The average molecular weight is 352 g/mol. The van der Waals surface area contributed by atoms with Gasteiger partial charge in [0.2, 0.25) is 5.91 Å². The van der Waals surface area contributed by atoms with Crippen molar-refractivity contribution >= 4 is 5.91 Å². The molecule has 0 saturated heterocycles. The molecular weight excluding hydrogens is 306 g/mol. The molecule has 1 amide bonds. The molecule has 0 fully saturated rings. The fourth-order valence-electron chi connectivity index (χ4n) is 3.06. The molecular formula is C23H45NO. The summed E-state index contributed by atoms with van der Waals surface area (Å²) in [7, 11) is 1.94. The summed E-state index contributed by atoms with van der Waals surface area (Å²) in [5.41, 5.74) is 0. The van der Waals surface area contributed by atoms with Crippen LogP contribution in [0.25, 0.3) is 0 Å². The maximum atomic E-state index is 11.9. The van der Waals surface area contributed by atoms with E-state index in [-0.39, 0.29) is 0 Å². The molecule has 0 aromatic rings. The zero-order chi connectivity index (χ0) is 18.6. The second-order valence-electron chi connectivity index (χ2n) is 7.50. The molecule has 0 atom stereocenters. The number of allylic oxidation sites excluding steroid dienone is 2. The van der Waals surface area contributed by atoms with Gasteiger partial charge in [-0.2, -0.15) is 0 Å². The van der Waals surface area contributed by atoms with Crippen LogP contribution < -0.4 is 0 Å². The highest BCUT2D eigenvalue weighted by atomic mass is 16.2. The second-order valence-corrected chi connectivity index (χ2v) is 7.50. The van der Waals surface area contributed by atoms with Crippen LogP contribution in [0.2, 0.25) is 0 Å². The molecule has 0 spiro atoms. The molecule has 0 heterocycles. The lowest BCUT2D eigenvalue weighted by atomic mass is 10.1. The number of amides is 1. The van der Waals surface area contributed by atoms with E-state index in [0.717, 1.165) is 32.2 Å². The zero-order valence-corrected chi connectivity index (χ0v) is 17.5. The molecule has 0 aliphatic rings. The largest absolute Gasteiger partial charge is 0.346 e. The Morgan fingerprint density at radius 2 is 1.16 bits per heavy atom. The van der Waals surface area contributed by atoms with E-state index in [9.17, 15) is 4.79 Å². The molecule has 0 aromatic carbocycles. The molecule has 0 N–H and O–H groups in total. The van der Waals surface area contributed by atoms with Crippen molar-refractivity contribution in [3.63, 3.8) is 0 Å². The van der Waals surface area contributed by atoms with Crippen LogP contribution in [0.3, 0.4) is 0 Å². The lowest BCUT2D eigenvalue weighted by molar-refractivity contribution is -0.130. The van der Waals surface area contributed by atoms with E-state index in [2.05, 4.69) is 26.0 Å². The predicted octanol–water partition coefficient (Wildman–Crippen LogP) is 7.28. The average Bonchev–Trinajstić information content (AvgIpc) is 2.62. The lowest BCUT2D eigenvalue weighted by Gasteiger charge is -2.16. The third-order valence-electron chi connectivity index (χ3n) is 4.93. The smallest absolute Gasteiger partial charge is 0.222 e. The minimum absolute atomic E-state index is 0.325. The van der Waals surface area contributed by atoms with Gasteiger partial charge in [-0.05, 0) is 38.5 Å². The Kier molecular flexibility index (Phi) is 18.9. The quantitative estimate of drug-likeness (QED) is 0.188. The van der Waals surface area contributed by atoms with Crippen molar-refractivity contribution in [3.8, 4) is 0 Å². The Morgan fingerprint density at radius 1 is 0.680 bits per heavy atom. The van der Waals surface area contributed by atoms with Gasteiger partial charge in [0.25, 0.3) is 0 Å². The third kappa shape index (κ3) is 17.8. The molecule has 0 aromatic heterocycles. The van der Waals surface area contributed by atoms with Gasteiger partial charge in [-0.25, -0.2) is 0 Å². The summed E-state index contributed by atoms with van der Waals surface area (Å²) in [5, 5.41) is 0. The van der Waals surface area contributed by atoms with Gasteiger partial charge in [0, 0.05) is 20.0 Å². The number of carbonyl (C=O) groups is 1. The maximum Gasteiger partial charge on any atom is 0.222 e. The Labute approximate surface area is 158 Å². The summed E-state index contributed by atoms with van der Waals surface area (Å²) in [4.78, 5) is 13.8. The van der Waals surface area contributed by atoms with Crippen LogP contribution in [0, 0.1) is 0 Å². The first-order valence-electron chi connectivity index (χ1n) is 11.1. The Morgan fingerprint density at radius 3 is 1.72 bits per heavy atom. The van der Waals surface area contributed by atoms with Gasteiger partial charge in [-0.3, -0.25) is 4.79 Å². The van der Waals surface area contributed by atoms with E-state index in [1.807, 2.05) is 11.9 Å². The number of hydrogen-bond acceptors (Lipinski definition) is 1. The summed E-state index contributed by atoms with van der Waals surface area (Å²) in [6.45, 7) is 5.36. The van der Waals surface area contributed by atoms with E-state index >= 15 is 0 Å². The van der Waals surface area contributed by atoms with Crippen molar-refractivity contribution in [1.82, 2.24) is 4.90 Å². The van der Waals surface area contributed by atoms with Crippen LogP contribution >= 0.6 is 0 Å². The number of nitrogens with zero attached hydrogens (tertiary/aromatic N) is 1. The summed E-state index contributed by atoms with van der Waals surface area (Å²) in [6, 6.07) is 0. The fraction of sp³-hybridized carbons (Fsp3) is 0.870. The lowest BCUT2D eigenvalue weighted by Crippen LogP contribution is -2.27. The topological polar surface area (TPSA) is 20.3 Å². The summed E-state index contributed by atoms with van der Waals surface area (Å²) in [5.74, 6) is 0.325. The SMILES string of the molecule is CCCCCCCC/C=C\CCCCCCCC(=O)N(C)CCCC. The zero-order valence-electron chi connectivity index (χ0n) is 17.5. The van der Waals surface area contributed by atoms with E-state index in [0.29, 0.717) is 5.91 Å². The Balaban J connectivity index is 3.27. The molecule has 0 aliphatic carbocycles. The van der Waals surface area contributed by atoms with Crippen molar-refractivity contribution in [2.24, 2.45) is 0 Å². The van der Waals surface area contributed by atoms with Gasteiger partial charge in [-0.15, -0.1) is 0 Å². The molecule has 0 unspecified atom stereocenters. The summed E-state index contributed by atoms with van der Waals surface area (Å²) < 4.78 is 0. The monoisotopic (exact) mass is 351 g/mol. The molecule has 0 radical (unpaired) electrons. The molecule has 25 heavy (non-hydrogen) atoms. The normalized spacial score (nSPS) is 11.3. The van der Waals surface area contributed by atoms with Crippen LogP contribution in [-0.2, 0) is 4.79 Å². The van der Waals surface area contributed by atoms with E-state index in [4.69, 9.17) is 0 Å². The van der Waals surface area contributed by atoms with Gasteiger partial charge in [0.15, 0.2) is 0 Å². The van der Waals surface area contributed by atoms with E-state index < -0.39 is 0 Å². The van der Waals surface area contributed by atoms with Gasteiger partial charge >= 0.3 is 0 Å². The maximum absolute atomic E-state index is 11.9. The Hall–Kier alpha value is -0.790. The van der Waals surface area contributed by atoms with Crippen LogP contribution in [-0.4, -0.2) is 24.4 Å². The van der Waals surface area contributed by atoms with Gasteiger partial charge in [-0.1, -0.05) is 83.8 Å². The third-order valence-corrected chi connectivity index (χ3v) is 4.93. The van der Waals surface area contributed by atoms with Crippen molar-refractivity contribution < 1.29 is 4.79 Å². The van der Waals surface area contributed by atoms with Crippen molar-refractivity contribution in [2.75, 3.05) is 13.6 Å². The minimum Gasteiger partial charge on any atom is -0.346 e. The van der Waals surface area contributed by atoms with Crippen molar-refractivity contribution in [1.29, 1.82) is 0 Å². The van der Waals surface area contributed by atoms with Gasteiger partial charge < -0.3 is 4.90 Å². The van der Waals surface area contributed by atoms with Crippen molar-refractivity contribution in [2.45, 2.75) is 117 Å². The van der Waals surface area contributed by atoms with Crippen LogP contribution in [0.5, 0.6) is 0 Å². The highest BCUT2D eigenvalue weighted by Crippen LogP contribution is 2.10. The second kappa shape index (κ2) is 19.5. The first-order valence-corrected chi connectivity index (χ1v) is 11.1. The molecule has 148 valence electrons. The molecule has 0 rings (SSSR count). The summed E-state index contributed by atoms with van der Waals surface area (Å²) >= 11 is 0. The first-order chi connectivity index (χ1) is 12.2. The number of unbranched alkanes of at least 4 members (excludes halogenated alkanes) is 12. The molecule has 0 saturated carbocycles. The fourth-order valence-corrected chi connectivity index (χ4v) is 3.06. The minimum atomic E-state index is 0.325. The van der Waals surface area contributed by atoms with Gasteiger partial charge in [0.05, 0.1) is 0 Å². The van der Waals surface area contributed by atoms with E-state index in [1.54, 1.807) is 0 Å². The molecule has 2 nitrogen and oxygen atoms in total. The predicted molar refractivity (Wildman–Crippen MR) is 112 cm³/mol. The Bertz CT molecular complexity index is 311. The van der Waals surface area contributed by atoms with Crippen LogP contribution in [0.15, 0.2) is 12.2 Å². The highest BCUT2D eigenvalue weighted by molar-refractivity contribution is 5.75. The highest BCUT2D eigenvalue weighted by Gasteiger charge is 2.06. The molecule has 2 heteroatoms. The summed E-state index contributed by atoms with van der Waals surface area (Å²) in [6.07, 6.45) is 24.7. The molecule has 0 aliphatic heterocycles. The molecule has 0 bridgehead atoms. The standard InChI is InChI=1S/C23H45NO/c1-4-6-8-9-10-11-12-13-14-15-16-17-18-19-20-21-23(25)24(3)22-7-5-2/h13-14H,4-12,15-22H2,1-3H3/b14-13-.